The summed E-state index contributed by atoms with van der Waals surface area (Å²) in [6.07, 6.45) is 9.36. The van der Waals surface area contributed by atoms with Crippen molar-refractivity contribution in [2.45, 2.75) is 77.7 Å². The first-order chi connectivity index (χ1) is 7.06. The summed E-state index contributed by atoms with van der Waals surface area (Å²) in [4.78, 5) is 0. The fourth-order valence-electron chi connectivity index (χ4n) is 2.68. The molecule has 2 unspecified atom stereocenters. The first-order valence-electron chi connectivity index (χ1n) is 6.78. The van der Waals surface area contributed by atoms with Gasteiger partial charge < -0.3 is 5.11 Å². The topological polar surface area (TPSA) is 20.2 Å². The molecule has 1 rings (SSSR count). The van der Waals surface area contributed by atoms with Gasteiger partial charge in [0.05, 0.1) is 5.60 Å². The average Bonchev–Trinajstić information content (AvgIpc) is 2.38. The number of rotatable bonds is 4. The third kappa shape index (κ3) is 4.55. The molecule has 90 valence electrons. The predicted octanol–water partition coefficient (Wildman–Crippen LogP) is 4.14. The van der Waals surface area contributed by atoms with E-state index in [1.807, 2.05) is 0 Å². The van der Waals surface area contributed by atoms with Crippen molar-refractivity contribution in [1.82, 2.24) is 0 Å². The highest BCUT2D eigenvalue weighted by molar-refractivity contribution is 4.83. The maximum Gasteiger partial charge on any atom is 0.0648 e. The van der Waals surface area contributed by atoms with Gasteiger partial charge in [-0.1, -0.05) is 40.0 Å². The van der Waals surface area contributed by atoms with Gasteiger partial charge in [0.1, 0.15) is 0 Å². The molecule has 1 saturated carbocycles. The molecule has 0 radical (unpaired) electrons. The van der Waals surface area contributed by atoms with E-state index in [1.165, 1.54) is 32.1 Å². The Balaban J connectivity index is 2.39. The van der Waals surface area contributed by atoms with E-state index >= 15 is 0 Å². The summed E-state index contributed by atoms with van der Waals surface area (Å²) in [5.41, 5.74) is -0.325. The van der Waals surface area contributed by atoms with Gasteiger partial charge in [0.2, 0.25) is 0 Å². The summed E-state index contributed by atoms with van der Waals surface area (Å²) in [5, 5.41) is 10.5. The molecular formula is C14H28O. The third-order valence-corrected chi connectivity index (χ3v) is 4.04. The monoisotopic (exact) mass is 212 g/mol. The van der Waals surface area contributed by atoms with Crippen molar-refractivity contribution in [1.29, 1.82) is 0 Å². The van der Waals surface area contributed by atoms with Crippen LogP contribution in [0, 0.1) is 11.8 Å². The van der Waals surface area contributed by atoms with E-state index in [-0.39, 0.29) is 5.60 Å². The molecule has 0 spiro atoms. The lowest BCUT2D eigenvalue weighted by Gasteiger charge is -2.27. The standard InChI is InChI=1S/C14H28O/c1-4-13-6-5-9-14(15,11-8-13)10-7-12(2)3/h12-13,15H,4-11H2,1-3H3. The van der Waals surface area contributed by atoms with Crippen molar-refractivity contribution in [2.24, 2.45) is 11.8 Å². The Kier molecular flexibility index (Phi) is 5.11. The van der Waals surface area contributed by atoms with Crippen LogP contribution < -0.4 is 0 Å². The van der Waals surface area contributed by atoms with Gasteiger partial charge in [-0.15, -0.1) is 0 Å². The summed E-state index contributed by atoms with van der Waals surface area (Å²) < 4.78 is 0. The Bertz CT molecular complexity index is 176. The zero-order valence-corrected chi connectivity index (χ0v) is 10.8. The first-order valence-corrected chi connectivity index (χ1v) is 6.78. The molecule has 1 N–H and O–H groups in total. The van der Waals surface area contributed by atoms with E-state index in [1.54, 1.807) is 0 Å². The Labute approximate surface area is 95.3 Å². The minimum Gasteiger partial charge on any atom is -0.390 e. The van der Waals surface area contributed by atoms with Crippen molar-refractivity contribution in [2.75, 3.05) is 0 Å². The lowest BCUT2D eigenvalue weighted by molar-refractivity contribution is 0.0106. The molecule has 0 bridgehead atoms. The fourth-order valence-corrected chi connectivity index (χ4v) is 2.68. The third-order valence-electron chi connectivity index (χ3n) is 4.04. The minimum absolute atomic E-state index is 0.325. The molecule has 1 heteroatoms. The maximum absolute atomic E-state index is 10.5. The second kappa shape index (κ2) is 5.89. The Morgan fingerprint density at radius 2 is 2.00 bits per heavy atom. The summed E-state index contributed by atoms with van der Waals surface area (Å²) >= 11 is 0. The van der Waals surface area contributed by atoms with Crippen LogP contribution in [-0.2, 0) is 0 Å². The predicted molar refractivity (Wildman–Crippen MR) is 65.9 cm³/mol. The van der Waals surface area contributed by atoms with Crippen LogP contribution in [0.25, 0.3) is 0 Å². The fraction of sp³-hybridized carbons (Fsp3) is 1.00. The van der Waals surface area contributed by atoms with Crippen LogP contribution in [0.2, 0.25) is 0 Å². The van der Waals surface area contributed by atoms with Crippen LogP contribution in [0.3, 0.4) is 0 Å². The molecule has 0 aromatic rings. The minimum atomic E-state index is -0.325. The van der Waals surface area contributed by atoms with Crippen molar-refractivity contribution in [3.05, 3.63) is 0 Å². The van der Waals surface area contributed by atoms with Gasteiger partial charge in [-0.25, -0.2) is 0 Å². The smallest absolute Gasteiger partial charge is 0.0648 e. The average molecular weight is 212 g/mol. The van der Waals surface area contributed by atoms with Gasteiger partial charge in [0, 0.05) is 0 Å². The van der Waals surface area contributed by atoms with Gasteiger partial charge >= 0.3 is 0 Å². The van der Waals surface area contributed by atoms with E-state index in [9.17, 15) is 5.11 Å². The molecule has 0 saturated heterocycles. The molecule has 0 heterocycles. The molecule has 1 aliphatic rings. The first kappa shape index (κ1) is 13.0. The Morgan fingerprint density at radius 3 is 2.60 bits per heavy atom. The lowest BCUT2D eigenvalue weighted by Crippen LogP contribution is -2.28. The number of hydrogen-bond donors (Lipinski definition) is 1. The molecule has 0 aromatic heterocycles. The van der Waals surface area contributed by atoms with E-state index in [2.05, 4.69) is 20.8 Å². The lowest BCUT2D eigenvalue weighted by atomic mass is 9.86. The summed E-state index contributed by atoms with van der Waals surface area (Å²) in [6.45, 7) is 6.77. The Hall–Kier alpha value is -0.0400. The maximum atomic E-state index is 10.5. The zero-order chi connectivity index (χ0) is 11.3. The number of aliphatic hydroxyl groups is 1. The molecule has 15 heavy (non-hydrogen) atoms. The van der Waals surface area contributed by atoms with Gasteiger partial charge in [0.15, 0.2) is 0 Å². The zero-order valence-electron chi connectivity index (χ0n) is 10.8. The van der Waals surface area contributed by atoms with Gasteiger partial charge in [0.25, 0.3) is 0 Å². The molecular weight excluding hydrogens is 184 g/mol. The highest BCUT2D eigenvalue weighted by Gasteiger charge is 2.29. The molecule has 1 aliphatic carbocycles. The van der Waals surface area contributed by atoms with E-state index in [0.717, 1.165) is 31.1 Å². The van der Waals surface area contributed by atoms with Crippen molar-refractivity contribution < 1.29 is 5.11 Å². The second-order valence-corrected chi connectivity index (χ2v) is 5.86. The van der Waals surface area contributed by atoms with E-state index < -0.39 is 0 Å². The van der Waals surface area contributed by atoms with Crippen LogP contribution in [-0.4, -0.2) is 10.7 Å². The van der Waals surface area contributed by atoms with Gasteiger partial charge in [-0.2, -0.15) is 0 Å². The van der Waals surface area contributed by atoms with Crippen LogP contribution >= 0.6 is 0 Å². The largest absolute Gasteiger partial charge is 0.390 e. The van der Waals surface area contributed by atoms with Gasteiger partial charge in [-0.3, -0.25) is 0 Å². The molecule has 0 aromatic carbocycles. The SMILES string of the molecule is CCC1CCCC(O)(CCC(C)C)CC1. The summed E-state index contributed by atoms with van der Waals surface area (Å²) in [5.74, 6) is 1.59. The van der Waals surface area contributed by atoms with Crippen molar-refractivity contribution in [3.63, 3.8) is 0 Å². The van der Waals surface area contributed by atoms with Gasteiger partial charge in [-0.05, 0) is 43.9 Å². The van der Waals surface area contributed by atoms with Crippen LogP contribution in [0.5, 0.6) is 0 Å². The Morgan fingerprint density at radius 1 is 1.27 bits per heavy atom. The van der Waals surface area contributed by atoms with Crippen LogP contribution in [0.15, 0.2) is 0 Å². The second-order valence-electron chi connectivity index (χ2n) is 5.86. The van der Waals surface area contributed by atoms with E-state index in [0.29, 0.717) is 0 Å². The highest BCUT2D eigenvalue weighted by atomic mass is 16.3. The highest BCUT2D eigenvalue weighted by Crippen LogP contribution is 2.35. The molecule has 2 atom stereocenters. The molecule has 1 nitrogen and oxygen atoms in total. The quantitative estimate of drug-likeness (QED) is 0.694. The van der Waals surface area contributed by atoms with Crippen LogP contribution in [0.1, 0.15) is 72.1 Å². The number of hydrogen-bond acceptors (Lipinski definition) is 1. The summed E-state index contributed by atoms with van der Waals surface area (Å²) in [7, 11) is 0. The summed E-state index contributed by atoms with van der Waals surface area (Å²) in [6, 6.07) is 0. The van der Waals surface area contributed by atoms with Crippen molar-refractivity contribution in [3.8, 4) is 0 Å². The normalized spacial score (nSPS) is 33.0. The molecule has 0 aliphatic heterocycles. The van der Waals surface area contributed by atoms with Crippen LogP contribution in [0.4, 0.5) is 0 Å². The molecule has 1 fully saturated rings. The van der Waals surface area contributed by atoms with E-state index in [4.69, 9.17) is 0 Å². The molecule has 0 amide bonds. The van der Waals surface area contributed by atoms with Crippen molar-refractivity contribution >= 4 is 0 Å².